The van der Waals surface area contributed by atoms with Gasteiger partial charge in [0.15, 0.2) is 0 Å². The average Bonchev–Trinajstić information content (AvgIpc) is 2.39. The molecule has 1 N–H and O–H groups in total. The first kappa shape index (κ1) is 11.6. The van der Waals surface area contributed by atoms with E-state index in [-0.39, 0.29) is 23.9 Å². The Morgan fingerprint density at radius 1 is 1.38 bits per heavy atom. The van der Waals surface area contributed by atoms with Gasteiger partial charge < -0.3 is 5.32 Å². The van der Waals surface area contributed by atoms with E-state index in [4.69, 9.17) is 0 Å². The van der Waals surface area contributed by atoms with Crippen molar-refractivity contribution in [3.05, 3.63) is 0 Å². The molecule has 0 bridgehead atoms. The Kier molecular flexibility index (Phi) is 2.78. The van der Waals surface area contributed by atoms with Gasteiger partial charge in [-0.05, 0) is 26.3 Å². The first-order valence-corrected chi connectivity index (χ1v) is 6.03. The predicted molar refractivity (Wildman–Crippen MR) is 60.7 cm³/mol. The van der Waals surface area contributed by atoms with Crippen LogP contribution in [-0.2, 0) is 9.59 Å². The van der Waals surface area contributed by atoms with Crippen molar-refractivity contribution in [1.29, 1.82) is 0 Å². The number of carbonyl (C=O) groups excluding carboxylic acids is 2. The van der Waals surface area contributed by atoms with Crippen LogP contribution >= 0.6 is 0 Å². The lowest BCUT2D eigenvalue weighted by atomic mass is 9.91. The summed E-state index contributed by atoms with van der Waals surface area (Å²) in [7, 11) is 0. The highest BCUT2D eigenvalue weighted by Crippen LogP contribution is 2.34. The molecule has 2 amide bonds. The molecule has 16 heavy (non-hydrogen) atoms. The zero-order valence-corrected chi connectivity index (χ0v) is 10.2. The first-order valence-electron chi connectivity index (χ1n) is 6.03. The van der Waals surface area contributed by atoms with Gasteiger partial charge in [0, 0.05) is 12.5 Å². The van der Waals surface area contributed by atoms with Gasteiger partial charge >= 0.3 is 0 Å². The van der Waals surface area contributed by atoms with E-state index in [1.807, 2.05) is 13.8 Å². The Labute approximate surface area is 96.4 Å². The van der Waals surface area contributed by atoms with Gasteiger partial charge in [0.25, 0.3) is 0 Å². The molecule has 0 radical (unpaired) electrons. The van der Waals surface area contributed by atoms with Gasteiger partial charge in [-0.2, -0.15) is 0 Å². The van der Waals surface area contributed by atoms with Crippen LogP contribution in [0.2, 0.25) is 0 Å². The summed E-state index contributed by atoms with van der Waals surface area (Å²) in [6, 6.07) is 0.270. The number of likely N-dealkylation sites (tertiary alicyclic amines) is 1. The molecule has 2 aliphatic rings. The molecule has 2 aliphatic heterocycles. The SMILES string of the molecule is CC1NCCCC1N1C(=O)CC(C)(C)C1=O. The van der Waals surface area contributed by atoms with Crippen molar-refractivity contribution in [3.63, 3.8) is 0 Å². The molecule has 0 aromatic carbocycles. The van der Waals surface area contributed by atoms with Gasteiger partial charge in [-0.3, -0.25) is 14.5 Å². The highest BCUT2D eigenvalue weighted by molar-refractivity contribution is 6.05. The van der Waals surface area contributed by atoms with E-state index in [1.54, 1.807) is 0 Å². The molecule has 0 aromatic rings. The Balaban J connectivity index is 2.20. The van der Waals surface area contributed by atoms with E-state index in [0.717, 1.165) is 19.4 Å². The molecular weight excluding hydrogens is 204 g/mol. The summed E-state index contributed by atoms with van der Waals surface area (Å²) in [5.74, 6) is -0.00593. The highest BCUT2D eigenvalue weighted by Gasteiger charge is 2.48. The van der Waals surface area contributed by atoms with E-state index in [9.17, 15) is 9.59 Å². The van der Waals surface area contributed by atoms with Crippen molar-refractivity contribution < 1.29 is 9.59 Å². The second-order valence-electron chi connectivity index (χ2n) is 5.58. The molecule has 2 heterocycles. The van der Waals surface area contributed by atoms with Crippen LogP contribution in [0.25, 0.3) is 0 Å². The summed E-state index contributed by atoms with van der Waals surface area (Å²) < 4.78 is 0. The zero-order chi connectivity index (χ0) is 11.9. The number of nitrogens with zero attached hydrogens (tertiary/aromatic N) is 1. The van der Waals surface area contributed by atoms with Crippen LogP contribution in [0.5, 0.6) is 0 Å². The molecule has 90 valence electrons. The fourth-order valence-corrected chi connectivity index (χ4v) is 2.69. The number of carbonyl (C=O) groups is 2. The van der Waals surface area contributed by atoms with Crippen LogP contribution in [0.1, 0.15) is 40.0 Å². The van der Waals surface area contributed by atoms with Crippen LogP contribution in [0, 0.1) is 5.41 Å². The van der Waals surface area contributed by atoms with Gasteiger partial charge in [0.1, 0.15) is 0 Å². The highest BCUT2D eigenvalue weighted by atomic mass is 16.2. The summed E-state index contributed by atoms with van der Waals surface area (Å²) in [6.45, 7) is 6.75. The molecule has 0 aliphatic carbocycles. The predicted octanol–water partition coefficient (Wildman–Crippen LogP) is 0.912. The molecule has 4 heteroatoms. The smallest absolute Gasteiger partial charge is 0.235 e. The van der Waals surface area contributed by atoms with E-state index in [1.165, 1.54) is 4.90 Å². The van der Waals surface area contributed by atoms with E-state index in [2.05, 4.69) is 12.2 Å². The third-order valence-electron chi connectivity index (χ3n) is 3.71. The lowest BCUT2D eigenvalue weighted by molar-refractivity contribution is -0.144. The van der Waals surface area contributed by atoms with E-state index in [0.29, 0.717) is 6.42 Å². The number of hydrogen-bond donors (Lipinski definition) is 1. The van der Waals surface area contributed by atoms with Crippen molar-refractivity contribution in [2.24, 2.45) is 5.41 Å². The molecule has 4 nitrogen and oxygen atoms in total. The molecule has 2 saturated heterocycles. The standard InChI is InChI=1S/C12H20N2O2/c1-8-9(5-4-6-13-8)14-10(15)7-12(2,3)11(14)16/h8-9,13H,4-7H2,1-3H3. The lowest BCUT2D eigenvalue weighted by Gasteiger charge is -2.36. The van der Waals surface area contributed by atoms with Gasteiger partial charge in [0.2, 0.25) is 11.8 Å². The average molecular weight is 224 g/mol. The van der Waals surface area contributed by atoms with Crippen molar-refractivity contribution in [1.82, 2.24) is 10.2 Å². The maximum atomic E-state index is 12.2. The number of nitrogens with one attached hydrogen (secondary N) is 1. The van der Waals surface area contributed by atoms with Gasteiger partial charge in [0.05, 0.1) is 11.5 Å². The van der Waals surface area contributed by atoms with Gasteiger partial charge in [-0.1, -0.05) is 13.8 Å². The number of amides is 2. The van der Waals surface area contributed by atoms with Crippen molar-refractivity contribution in [2.45, 2.75) is 52.1 Å². The lowest BCUT2D eigenvalue weighted by Crippen LogP contribution is -2.54. The largest absolute Gasteiger partial charge is 0.312 e. The van der Waals surface area contributed by atoms with Crippen LogP contribution < -0.4 is 5.32 Å². The molecule has 0 aromatic heterocycles. The molecule has 2 fully saturated rings. The fourth-order valence-electron chi connectivity index (χ4n) is 2.69. The van der Waals surface area contributed by atoms with E-state index < -0.39 is 5.41 Å². The molecule has 2 atom stereocenters. The minimum Gasteiger partial charge on any atom is -0.312 e. The molecule has 0 spiro atoms. The number of piperidine rings is 1. The quantitative estimate of drug-likeness (QED) is 0.674. The first-order chi connectivity index (χ1) is 7.43. The van der Waals surface area contributed by atoms with Crippen LogP contribution in [0.4, 0.5) is 0 Å². The third kappa shape index (κ3) is 1.75. The minimum absolute atomic E-state index is 0.00181. The Hall–Kier alpha value is -0.900. The van der Waals surface area contributed by atoms with Gasteiger partial charge in [-0.25, -0.2) is 0 Å². The van der Waals surface area contributed by atoms with E-state index >= 15 is 0 Å². The summed E-state index contributed by atoms with van der Waals surface area (Å²) >= 11 is 0. The maximum absolute atomic E-state index is 12.2. The van der Waals surface area contributed by atoms with Crippen molar-refractivity contribution >= 4 is 11.8 Å². The van der Waals surface area contributed by atoms with Crippen LogP contribution in [0.3, 0.4) is 0 Å². The number of rotatable bonds is 1. The van der Waals surface area contributed by atoms with Crippen LogP contribution in [0.15, 0.2) is 0 Å². The van der Waals surface area contributed by atoms with Gasteiger partial charge in [-0.15, -0.1) is 0 Å². The Morgan fingerprint density at radius 3 is 2.56 bits per heavy atom. The number of hydrogen-bond acceptors (Lipinski definition) is 3. The second-order valence-corrected chi connectivity index (χ2v) is 5.58. The molecular formula is C12H20N2O2. The maximum Gasteiger partial charge on any atom is 0.235 e. The second kappa shape index (κ2) is 3.84. The summed E-state index contributed by atoms with van der Waals surface area (Å²) in [5.41, 5.74) is -0.506. The third-order valence-corrected chi connectivity index (χ3v) is 3.71. The fraction of sp³-hybridized carbons (Fsp3) is 0.833. The summed E-state index contributed by atoms with van der Waals surface area (Å²) in [4.78, 5) is 25.6. The van der Waals surface area contributed by atoms with Crippen molar-refractivity contribution in [2.75, 3.05) is 6.54 Å². The summed E-state index contributed by atoms with van der Waals surface area (Å²) in [5, 5.41) is 3.33. The summed E-state index contributed by atoms with van der Waals surface area (Å²) in [6.07, 6.45) is 2.32. The molecule has 2 rings (SSSR count). The van der Waals surface area contributed by atoms with Crippen molar-refractivity contribution in [3.8, 4) is 0 Å². The minimum atomic E-state index is -0.506. The molecule has 2 unspecified atom stereocenters. The molecule has 0 saturated carbocycles. The Morgan fingerprint density at radius 2 is 2.06 bits per heavy atom. The number of imide groups is 1. The Bertz CT molecular complexity index is 325. The monoisotopic (exact) mass is 224 g/mol. The topological polar surface area (TPSA) is 49.4 Å². The normalized spacial score (nSPS) is 34.6. The van der Waals surface area contributed by atoms with Crippen LogP contribution in [-0.4, -0.2) is 35.3 Å². The zero-order valence-electron chi connectivity index (χ0n) is 10.2.